The third-order valence-electron chi connectivity index (χ3n) is 15.2. The number of allylic oxidation sites excluding steroid dienone is 1. The summed E-state index contributed by atoms with van der Waals surface area (Å²) in [5.74, 6) is 7.69. The van der Waals surface area contributed by atoms with E-state index >= 15 is 0 Å². The second kappa shape index (κ2) is 18.0. The molecule has 0 aliphatic heterocycles. The van der Waals surface area contributed by atoms with Crippen molar-refractivity contribution in [1.82, 2.24) is 0 Å². The molecule has 1 aromatic heterocycles. The van der Waals surface area contributed by atoms with Crippen LogP contribution in [0, 0.1) is 60.2 Å². The number of hydrogen-bond donors (Lipinski definition) is 0. The van der Waals surface area contributed by atoms with Crippen LogP contribution in [-0.2, 0) is 22.4 Å². The van der Waals surface area contributed by atoms with E-state index in [2.05, 4.69) is 61.5 Å². The molecule has 284 valence electrons. The second-order valence-electron chi connectivity index (χ2n) is 18.9. The number of rotatable bonds is 19. The van der Waals surface area contributed by atoms with Crippen LogP contribution in [-0.4, -0.2) is 12.1 Å². The lowest BCUT2D eigenvalue weighted by atomic mass is 9.47. The van der Waals surface area contributed by atoms with Gasteiger partial charge in [-0.2, -0.15) is 0 Å². The molecule has 0 saturated heterocycles. The van der Waals surface area contributed by atoms with E-state index in [1.165, 1.54) is 125 Å². The predicted molar refractivity (Wildman–Crippen MR) is 210 cm³/mol. The normalized spacial score (nSPS) is 31.2. The van der Waals surface area contributed by atoms with Crippen LogP contribution in [0.25, 0.3) is 0 Å². The molecule has 3 nitrogen and oxygen atoms in total. The average Bonchev–Trinajstić information content (AvgIpc) is 3.57. The number of furan rings is 1. The van der Waals surface area contributed by atoms with Crippen molar-refractivity contribution in [1.29, 1.82) is 0 Å². The fraction of sp³-hybridized carbons (Fsp3) is 0.851. The maximum absolute atomic E-state index is 12.9. The number of aryl methyl sites for hydroxylation is 2. The Morgan fingerprint density at radius 1 is 0.820 bits per heavy atom. The minimum atomic E-state index is 0.0410. The standard InChI is InChI=1S/C47H78O3/c1-9-10-15-21-43-35(5)36(6)44(50-43)22-16-13-11-12-14-17-23-45(48)49-38-28-30-46(7)37(32-38)24-25-39-41-27-26-40(34(4)20-18-19-33(2)3)47(41,8)31-29-42(39)46/h24,33-34,38-42H,9-23,25-32H2,1-8H3. The fourth-order valence-electron chi connectivity index (χ4n) is 12.0. The lowest BCUT2D eigenvalue weighted by Gasteiger charge is -2.58. The lowest BCUT2D eigenvalue weighted by molar-refractivity contribution is -0.151. The Morgan fingerprint density at radius 3 is 2.20 bits per heavy atom. The lowest BCUT2D eigenvalue weighted by Crippen LogP contribution is -2.51. The number of carbonyl (C=O) groups is 1. The maximum Gasteiger partial charge on any atom is 0.306 e. The Labute approximate surface area is 308 Å². The van der Waals surface area contributed by atoms with Crippen molar-refractivity contribution in [2.75, 3.05) is 0 Å². The zero-order valence-corrected chi connectivity index (χ0v) is 34.1. The molecule has 50 heavy (non-hydrogen) atoms. The largest absolute Gasteiger partial charge is 0.466 e. The van der Waals surface area contributed by atoms with Crippen LogP contribution in [0.5, 0.6) is 0 Å². The molecule has 0 amide bonds. The van der Waals surface area contributed by atoms with Crippen LogP contribution < -0.4 is 0 Å². The molecule has 4 aliphatic carbocycles. The molecular formula is C47H78O3. The number of hydrogen-bond acceptors (Lipinski definition) is 3. The van der Waals surface area contributed by atoms with Crippen molar-refractivity contribution in [2.24, 2.45) is 46.3 Å². The molecule has 8 atom stereocenters. The number of fused-ring (bicyclic) bond motifs is 5. The van der Waals surface area contributed by atoms with Gasteiger partial charge in [0.1, 0.15) is 17.6 Å². The zero-order chi connectivity index (χ0) is 35.9. The molecular weight excluding hydrogens is 613 g/mol. The molecule has 3 heteroatoms. The Morgan fingerprint density at radius 2 is 1.50 bits per heavy atom. The van der Waals surface area contributed by atoms with Crippen LogP contribution in [0.4, 0.5) is 0 Å². The third-order valence-corrected chi connectivity index (χ3v) is 15.2. The molecule has 5 rings (SSSR count). The quantitative estimate of drug-likeness (QED) is 0.0824. The first-order valence-electron chi connectivity index (χ1n) is 21.9. The summed E-state index contributed by atoms with van der Waals surface area (Å²) < 4.78 is 12.4. The number of carbonyl (C=O) groups excluding carboxylic acids is 1. The van der Waals surface area contributed by atoms with Crippen LogP contribution in [0.3, 0.4) is 0 Å². The molecule has 0 spiro atoms. The van der Waals surface area contributed by atoms with Gasteiger partial charge in [-0.05, 0) is 136 Å². The molecule has 0 N–H and O–H groups in total. The van der Waals surface area contributed by atoms with E-state index in [0.717, 1.165) is 74.0 Å². The van der Waals surface area contributed by atoms with E-state index in [1.807, 2.05) is 0 Å². The van der Waals surface area contributed by atoms with Crippen LogP contribution in [0.15, 0.2) is 16.1 Å². The van der Waals surface area contributed by atoms with Crippen molar-refractivity contribution in [3.8, 4) is 0 Å². The molecule has 1 aromatic rings. The van der Waals surface area contributed by atoms with Gasteiger partial charge in [0.2, 0.25) is 0 Å². The molecule has 0 bridgehead atoms. The first-order valence-corrected chi connectivity index (χ1v) is 21.9. The summed E-state index contributed by atoms with van der Waals surface area (Å²) >= 11 is 0. The molecule has 0 radical (unpaired) electrons. The van der Waals surface area contributed by atoms with Crippen molar-refractivity contribution < 1.29 is 13.9 Å². The van der Waals surface area contributed by atoms with Gasteiger partial charge in [0, 0.05) is 25.7 Å². The maximum atomic E-state index is 12.9. The van der Waals surface area contributed by atoms with E-state index in [-0.39, 0.29) is 12.1 Å². The zero-order valence-electron chi connectivity index (χ0n) is 34.1. The Hall–Kier alpha value is -1.51. The molecule has 4 aliphatic rings. The van der Waals surface area contributed by atoms with Crippen molar-refractivity contribution in [3.63, 3.8) is 0 Å². The van der Waals surface area contributed by atoms with E-state index in [1.54, 1.807) is 5.57 Å². The van der Waals surface area contributed by atoms with Crippen LogP contribution >= 0.6 is 0 Å². The van der Waals surface area contributed by atoms with Gasteiger partial charge in [-0.25, -0.2) is 0 Å². The summed E-state index contributed by atoms with van der Waals surface area (Å²) in [6, 6.07) is 0. The summed E-state index contributed by atoms with van der Waals surface area (Å²) in [6.45, 7) is 19.4. The SMILES string of the molecule is CCCCCc1oc(CCCCCCCCC(=O)OC2CCC3(C)C(=CCC4C3CCC3(C)C(C(C)CCCC(C)C)CCC43)C2)c(C)c1C. The van der Waals surface area contributed by atoms with Gasteiger partial charge in [-0.1, -0.05) is 111 Å². The topological polar surface area (TPSA) is 39.4 Å². The average molecular weight is 691 g/mol. The molecule has 0 aromatic carbocycles. The number of esters is 1. The highest BCUT2D eigenvalue weighted by molar-refractivity contribution is 5.69. The smallest absolute Gasteiger partial charge is 0.306 e. The van der Waals surface area contributed by atoms with Gasteiger partial charge in [0.15, 0.2) is 0 Å². The minimum absolute atomic E-state index is 0.0410. The molecule has 3 saturated carbocycles. The summed E-state index contributed by atoms with van der Waals surface area (Å²) in [5, 5.41) is 0. The summed E-state index contributed by atoms with van der Waals surface area (Å²) in [4.78, 5) is 12.9. The van der Waals surface area contributed by atoms with E-state index in [0.29, 0.717) is 17.3 Å². The number of ether oxygens (including phenoxy) is 1. The highest BCUT2D eigenvalue weighted by Crippen LogP contribution is 2.67. The predicted octanol–water partition coefficient (Wildman–Crippen LogP) is 13.9. The van der Waals surface area contributed by atoms with Crippen LogP contribution in [0.2, 0.25) is 0 Å². The third kappa shape index (κ3) is 9.16. The van der Waals surface area contributed by atoms with Gasteiger partial charge in [0.25, 0.3) is 0 Å². The van der Waals surface area contributed by atoms with Crippen molar-refractivity contribution >= 4 is 5.97 Å². The van der Waals surface area contributed by atoms with Gasteiger partial charge in [-0.3, -0.25) is 4.79 Å². The monoisotopic (exact) mass is 691 g/mol. The highest BCUT2D eigenvalue weighted by atomic mass is 16.5. The molecule has 8 unspecified atom stereocenters. The highest BCUT2D eigenvalue weighted by Gasteiger charge is 2.59. The Bertz CT molecular complexity index is 1250. The first-order chi connectivity index (χ1) is 24.0. The fourth-order valence-corrected chi connectivity index (χ4v) is 12.0. The van der Waals surface area contributed by atoms with Crippen molar-refractivity contribution in [2.45, 2.75) is 209 Å². The summed E-state index contributed by atoms with van der Waals surface area (Å²) in [6.07, 6.45) is 30.7. The molecule has 1 heterocycles. The van der Waals surface area contributed by atoms with E-state index in [9.17, 15) is 4.79 Å². The van der Waals surface area contributed by atoms with Crippen LogP contribution in [0.1, 0.15) is 199 Å². The van der Waals surface area contributed by atoms with E-state index < -0.39 is 0 Å². The summed E-state index contributed by atoms with van der Waals surface area (Å²) in [7, 11) is 0. The van der Waals surface area contributed by atoms with E-state index in [4.69, 9.17) is 9.15 Å². The first kappa shape index (κ1) is 39.7. The van der Waals surface area contributed by atoms with Crippen molar-refractivity contribution in [3.05, 3.63) is 34.3 Å². The Kier molecular flexibility index (Phi) is 14.3. The second-order valence-corrected chi connectivity index (χ2v) is 18.9. The van der Waals surface area contributed by atoms with Gasteiger partial charge in [0.05, 0.1) is 0 Å². The minimum Gasteiger partial charge on any atom is -0.466 e. The van der Waals surface area contributed by atoms with Gasteiger partial charge < -0.3 is 9.15 Å². The van der Waals surface area contributed by atoms with Gasteiger partial charge >= 0.3 is 5.97 Å². The summed E-state index contributed by atoms with van der Waals surface area (Å²) in [5.41, 5.74) is 5.25. The Balaban J connectivity index is 0.994. The van der Waals surface area contributed by atoms with Gasteiger partial charge in [-0.15, -0.1) is 0 Å². The molecule has 3 fully saturated rings. The number of unbranched alkanes of at least 4 members (excludes halogenated alkanes) is 7.